The fourth-order valence-electron chi connectivity index (χ4n) is 2.85. The van der Waals surface area contributed by atoms with Crippen molar-refractivity contribution in [3.8, 4) is 11.5 Å². The van der Waals surface area contributed by atoms with Gasteiger partial charge in [0, 0.05) is 11.5 Å². The summed E-state index contributed by atoms with van der Waals surface area (Å²) in [6, 6.07) is 9.02. The summed E-state index contributed by atoms with van der Waals surface area (Å²) in [5.74, 6) is 0.903. The molecule has 1 N–H and O–H groups in total. The SMILES string of the molecule is CCCN(CC(=O)Nc1cc(C(C)(C)C)no1)Cc1nnc(-c2ccccc2Cl)o1. The number of benzene rings is 1. The van der Waals surface area contributed by atoms with Crippen LogP contribution in [-0.4, -0.2) is 39.3 Å². The number of carbonyl (C=O) groups is 1. The standard InChI is InChI=1S/C21H26ClN5O3/c1-5-10-27(12-17(28)23-18-11-16(26-30-18)21(2,3)4)13-19-24-25-20(29-19)14-8-6-7-9-15(14)22/h6-9,11H,5,10,12-13H2,1-4H3,(H,23,28). The van der Waals surface area contributed by atoms with Crippen LogP contribution in [0.4, 0.5) is 5.88 Å². The van der Waals surface area contributed by atoms with Crippen LogP contribution in [0.25, 0.3) is 11.5 Å². The van der Waals surface area contributed by atoms with Crippen LogP contribution >= 0.6 is 11.6 Å². The van der Waals surface area contributed by atoms with Crippen molar-refractivity contribution >= 4 is 23.4 Å². The van der Waals surface area contributed by atoms with Gasteiger partial charge in [0.05, 0.1) is 29.4 Å². The lowest BCUT2D eigenvalue weighted by atomic mass is 9.92. The minimum atomic E-state index is -0.203. The molecule has 1 amide bonds. The Kier molecular flexibility index (Phi) is 6.89. The lowest BCUT2D eigenvalue weighted by Crippen LogP contribution is -2.33. The molecule has 3 rings (SSSR count). The van der Waals surface area contributed by atoms with Gasteiger partial charge in [-0.05, 0) is 25.1 Å². The van der Waals surface area contributed by atoms with E-state index in [4.69, 9.17) is 20.5 Å². The van der Waals surface area contributed by atoms with Crippen LogP contribution in [0.3, 0.4) is 0 Å². The van der Waals surface area contributed by atoms with Crippen molar-refractivity contribution in [3.63, 3.8) is 0 Å². The van der Waals surface area contributed by atoms with E-state index in [2.05, 4.69) is 20.7 Å². The van der Waals surface area contributed by atoms with E-state index < -0.39 is 0 Å². The molecule has 0 aliphatic carbocycles. The maximum Gasteiger partial charge on any atom is 0.249 e. The molecule has 0 aliphatic heterocycles. The molecule has 3 aromatic rings. The Bertz CT molecular complexity index is 992. The second-order valence-electron chi connectivity index (χ2n) is 8.07. The largest absolute Gasteiger partial charge is 0.419 e. The van der Waals surface area contributed by atoms with Gasteiger partial charge in [-0.25, -0.2) is 0 Å². The van der Waals surface area contributed by atoms with Gasteiger partial charge in [0.1, 0.15) is 0 Å². The lowest BCUT2D eigenvalue weighted by Gasteiger charge is -2.18. The monoisotopic (exact) mass is 431 g/mol. The second kappa shape index (κ2) is 9.40. The molecule has 0 bridgehead atoms. The van der Waals surface area contributed by atoms with E-state index in [1.807, 2.05) is 50.8 Å². The quantitative estimate of drug-likeness (QED) is 0.559. The highest BCUT2D eigenvalue weighted by molar-refractivity contribution is 6.33. The summed E-state index contributed by atoms with van der Waals surface area (Å²) in [6.07, 6.45) is 0.870. The zero-order chi connectivity index (χ0) is 21.7. The van der Waals surface area contributed by atoms with Crippen LogP contribution < -0.4 is 5.32 Å². The number of anilines is 1. The number of nitrogens with one attached hydrogen (secondary N) is 1. The smallest absolute Gasteiger partial charge is 0.249 e. The molecule has 8 nitrogen and oxygen atoms in total. The van der Waals surface area contributed by atoms with Gasteiger partial charge in [-0.15, -0.1) is 10.2 Å². The van der Waals surface area contributed by atoms with Crippen molar-refractivity contribution in [2.45, 2.75) is 46.1 Å². The summed E-state index contributed by atoms with van der Waals surface area (Å²) >= 11 is 6.19. The number of amides is 1. The van der Waals surface area contributed by atoms with Crippen molar-refractivity contribution in [2.75, 3.05) is 18.4 Å². The van der Waals surface area contributed by atoms with E-state index in [0.717, 1.165) is 12.1 Å². The molecule has 0 unspecified atom stereocenters. The van der Waals surface area contributed by atoms with E-state index in [0.29, 0.717) is 41.3 Å². The third-order valence-electron chi connectivity index (χ3n) is 4.38. The molecule has 0 atom stereocenters. The Hall–Kier alpha value is -2.71. The minimum absolute atomic E-state index is 0.155. The van der Waals surface area contributed by atoms with Gasteiger partial charge in [0.25, 0.3) is 0 Å². The minimum Gasteiger partial charge on any atom is -0.419 e. The van der Waals surface area contributed by atoms with E-state index in [-0.39, 0.29) is 17.9 Å². The van der Waals surface area contributed by atoms with Crippen molar-refractivity contribution in [1.82, 2.24) is 20.3 Å². The molecule has 2 heterocycles. The van der Waals surface area contributed by atoms with Gasteiger partial charge in [-0.1, -0.05) is 56.6 Å². The summed E-state index contributed by atoms with van der Waals surface area (Å²) in [7, 11) is 0. The maximum absolute atomic E-state index is 12.5. The number of hydrogen-bond donors (Lipinski definition) is 1. The molecular formula is C21H26ClN5O3. The van der Waals surface area contributed by atoms with Crippen LogP contribution in [0.5, 0.6) is 0 Å². The van der Waals surface area contributed by atoms with Crippen LogP contribution in [0.15, 0.2) is 39.3 Å². The highest BCUT2D eigenvalue weighted by atomic mass is 35.5. The summed E-state index contributed by atoms with van der Waals surface area (Å²) in [5.41, 5.74) is 1.30. The van der Waals surface area contributed by atoms with Gasteiger partial charge < -0.3 is 8.94 Å². The third-order valence-corrected chi connectivity index (χ3v) is 4.71. The molecular weight excluding hydrogens is 406 g/mol. The number of halogens is 1. The normalized spacial score (nSPS) is 11.8. The van der Waals surface area contributed by atoms with Crippen molar-refractivity contribution in [3.05, 3.63) is 46.9 Å². The highest BCUT2D eigenvalue weighted by Crippen LogP contribution is 2.26. The molecule has 0 aliphatic rings. The summed E-state index contributed by atoms with van der Waals surface area (Å²) in [6.45, 7) is 9.33. The molecule has 2 aromatic heterocycles. The molecule has 9 heteroatoms. The first kappa shape index (κ1) is 22.0. The molecule has 0 saturated heterocycles. The van der Waals surface area contributed by atoms with Gasteiger partial charge in [-0.3, -0.25) is 15.0 Å². The van der Waals surface area contributed by atoms with Crippen LogP contribution in [0.2, 0.25) is 5.02 Å². The fraction of sp³-hybridized carbons (Fsp3) is 0.429. The number of rotatable bonds is 8. The predicted octanol–water partition coefficient (Wildman–Crippen LogP) is 4.53. The first-order valence-corrected chi connectivity index (χ1v) is 10.2. The number of hydrogen-bond acceptors (Lipinski definition) is 7. The Balaban J connectivity index is 1.63. The molecule has 160 valence electrons. The maximum atomic E-state index is 12.5. The predicted molar refractivity (Wildman–Crippen MR) is 114 cm³/mol. The average molecular weight is 432 g/mol. The third kappa shape index (κ3) is 5.67. The Morgan fingerprint density at radius 1 is 1.23 bits per heavy atom. The van der Waals surface area contributed by atoms with Gasteiger partial charge >= 0.3 is 0 Å². The van der Waals surface area contributed by atoms with Gasteiger partial charge in [-0.2, -0.15) is 0 Å². The highest BCUT2D eigenvalue weighted by Gasteiger charge is 2.21. The summed E-state index contributed by atoms with van der Waals surface area (Å²) in [5, 5.41) is 15.5. The van der Waals surface area contributed by atoms with Crippen molar-refractivity contribution < 1.29 is 13.7 Å². The zero-order valence-electron chi connectivity index (χ0n) is 17.6. The summed E-state index contributed by atoms with van der Waals surface area (Å²) in [4.78, 5) is 14.4. The van der Waals surface area contributed by atoms with Crippen LogP contribution in [0, 0.1) is 0 Å². The van der Waals surface area contributed by atoms with Crippen LogP contribution in [-0.2, 0) is 16.8 Å². The molecule has 0 radical (unpaired) electrons. The van der Waals surface area contributed by atoms with E-state index in [1.165, 1.54) is 0 Å². The van der Waals surface area contributed by atoms with E-state index >= 15 is 0 Å². The first-order chi connectivity index (χ1) is 14.3. The van der Waals surface area contributed by atoms with E-state index in [9.17, 15) is 4.79 Å². The van der Waals surface area contributed by atoms with Gasteiger partial charge in [0.15, 0.2) is 0 Å². The topological polar surface area (TPSA) is 97.3 Å². The summed E-state index contributed by atoms with van der Waals surface area (Å²) < 4.78 is 11.0. The molecule has 0 spiro atoms. The fourth-order valence-corrected chi connectivity index (χ4v) is 3.07. The number of aromatic nitrogens is 3. The van der Waals surface area contributed by atoms with E-state index in [1.54, 1.807) is 12.1 Å². The Morgan fingerprint density at radius 3 is 2.67 bits per heavy atom. The molecule has 0 fully saturated rings. The van der Waals surface area contributed by atoms with Crippen LogP contribution in [0.1, 0.15) is 45.7 Å². The van der Waals surface area contributed by atoms with Crippen molar-refractivity contribution in [1.29, 1.82) is 0 Å². The number of carbonyl (C=O) groups excluding carboxylic acids is 1. The van der Waals surface area contributed by atoms with Crippen molar-refractivity contribution in [2.24, 2.45) is 0 Å². The first-order valence-electron chi connectivity index (χ1n) is 9.83. The Morgan fingerprint density at radius 2 is 2.00 bits per heavy atom. The molecule has 30 heavy (non-hydrogen) atoms. The van der Waals surface area contributed by atoms with Gasteiger partial charge in [0.2, 0.25) is 23.6 Å². The molecule has 0 saturated carbocycles. The second-order valence-corrected chi connectivity index (χ2v) is 8.47. The Labute approximate surface area is 180 Å². The number of nitrogens with zero attached hydrogens (tertiary/aromatic N) is 4. The molecule has 1 aromatic carbocycles. The average Bonchev–Trinajstić information content (AvgIpc) is 3.32. The lowest BCUT2D eigenvalue weighted by molar-refractivity contribution is -0.117. The zero-order valence-corrected chi connectivity index (χ0v) is 18.4.